The van der Waals surface area contributed by atoms with Gasteiger partial charge in [0.2, 0.25) is 0 Å². The fourth-order valence-electron chi connectivity index (χ4n) is 2.02. The van der Waals surface area contributed by atoms with Gasteiger partial charge in [0, 0.05) is 16.2 Å². The minimum absolute atomic E-state index is 0.0267. The summed E-state index contributed by atoms with van der Waals surface area (Å²) in [5.41, 5.74) is 0. The molecule has 0 fully saturated rings. The maximum Gasteiger partial charge on any atom is 0.166 e. The van der Waals surface area contributed by atoms with E-state index in [1.54, 1.807) is 24.3 Å². The van der Waals surface area contributed by atoms with E-state index in [2.05, 4.69) is 0 Å². The third-order valence-electron chi connectivity index (χ3n) is 2.87. The molecule has 0 atom stereocenters. The van der Waals surface area contributed by atoms with E-state index < -0.39 is 17.5 Å². The maximum absolute atomic E-state index is 14.1. The van der Waals surface area contributed by atoms with Crippen molar-refractivity contribution in [1.29, 1.82) is 0 Å². The molecule has 0 heterocycles. The highest BCUT2D eigenvalue weighted by atomic mass is 19.2. The van der Waals surface area contributed by atoms with Crippen LogP contribution in [0.4, 0.5) is 13.2 Å². The molecule has 0 nitrogen and oxygen atoms in total. The summed E-state index contributed by atoms with van der Waals surface area (Å²) in [6, 6.07) is 10.4. The highest BCUT2D eigenvalue weighted by Crippen LogP contribution is 2.29. The summed E-state index contributed by atoms with van der Waals surface area (Å²) in [6.45, 7) is 0. The summed E-state index contributed by atoms with van der Waals surface area (Å²) in [4.78, 5) is 0. The molecule has 0 amide bonds. The molecule has 0 bridgehead atoms. The van der Waals surface area contributed by atoms with Crippen LogP contribution in [0.1, 0.15) is 0 Å². The molecule has 0 aromatic heterocycles. The molecular weight excluding hydrogens is 225 g/mol. The quantitative estimate of drug-likeness (QED) is 0.503. The van der Waals surface area contributed by atoms with E-state index in [4.69, 9.17) is 0 Å². The Balaban J connectivity index is 2.59. The third kappa shape index (κ3) is 1.39. The SMILES string of the molecule is Fc1ccc2c(F)c3ccccc3cc2c1F. The zero-order valence-electron chi connectivity index (χ0n) is 8.68. The van der Waals surface area contributed by atoms with Gasteiger partial charge < -0.3 is 0 Å². The summed E-state index contributed by atoms with van der Waals surface area (Å²) < 4.78 is 40.7. The largest absolute Gasteiger partial charge is 0.206 e. The molecule has 0 N–H and O–H groups in total. The predicted molar refractivity (Wildman–Crippen MR) is 61.3 cm³/mol. The van der Waals surface area contributed by atoms with Crippen molar-refractivity contribution in [2.75, 3.05) is 0 Å². The lowest BCUT2D eigenvalue weighted by Gasteiger charge is -2.06. The lowest BCUT2D eigenvalue weighted by molar-refractivity contribution is 0.516. The van der Waals surface area contributed by atoms with Gasteiger partial charge in [0.15, 0.2) is 11.6 Å². The molecule has 3 aromatic rings. The molecule has 0 spiro atoms. The van der Waals surface area contributed by atoms with Gasteiger partial charge in [0.25, 0.3) is 0 Å². The summed E-state index contributed by atoms with van der Waals surface area (Å²) in [5, 5.41) is 1.04. The Labute approximate surface area is 95.3 Å². The fraction of sp³-hybridized carbons (Fsp3) is 0. The molecule has 0 aliphatic heterocycles. The van der Waals surface area contributed by atoms with Crippen LogP contribution < -0.4 is 0 Å². The number of halogens is 3. The Morgan fingerprint density at radius 3 is 2.24 bits per heavy atom. The summed E-state index contributed by atoms with van der Waals surface area (Å²) in [5.74, 6) is -2.49. The monoisotopic (exact) mass is 232 g/mol. The fourth-order valence-corrected chi connectivity index (χ4v) is 2.02. The molecule has 0 unspecified atom stereocenters. The van der Waals surface area contributed by atoms with E-state index in [9.17, 15) is 13.2 Å². The zero-order valence-corrected chi connectivity index (χ0v) is 8.68. The standard InChI is InChI=1S/C14H7F3/c15-12-6-5-10-11(14(12)17)7-8-3-1-2-4-9(8)13(10)16/h1-7H. The maximum atomic E-state index is 14.1. The number of benzene rings is 3. The van der Waals surface area contributed by atoms with Crippen LogP contribution >= 0.6 is 0 Å². The van der Waals surface area contributed by atoms with Gasteiger partial charge >= 0.3 is 0 Å². The van der Waals surface area contributed by atoms with E-state index in [0.29, 0.717) is 10.8 Å². The zero-order chi connectivity index (χ0) is 12.0. The number of hydrogen-bond donors (Lipinski definition) is 0. The van der Waals surface area contributed by atoms with Crippen LogP contribution in [-0.4, -0.2) is 0 Å². The Morgan fingerprint density at radius 2 is 1.41 bits per heavy atom. The summed E-state index contributed by atoms with van der Waals surface area (Å²) >= 11 is 0. The Hall–Kier alpha value is -2.03. The van der Waals surface area contributed by atoms with E-state index in [1.807, 2.05) is 0 Å². The molecule has 0 aliphatic carbocycles. The van der Waals surface area contributed by atoms with Crippen LogP contribution in [0, 0.1) is 17.5 Å². The Kier molecular flexibility index (Phi) is 2.08. The second-order valence-electron chi connectivity index (χ2n) is 3.87. The van der Waals surface area contributed by atoms with Crippen molar-refractivity contribution in [3.8, 4) is 0 Å². The van der Waals surface area contributed by atoms with Crippen molar-refractivity contribution in [1.82, 2.24) is 0 Å². The molecule has 0 aliphatic rings. The van der Waals surface area contributed by atoms with Crippen LogP contribution in [0.5, 0.6) is 0 Å². The van der Waals surface area contributed by atoms with Gasteiger partial charge in [-0.2, -0.15) is 0 Å². The van der Waals surface area contributed by atoms with Crippen molar-refractivity contribution >= 4 is 21.5 Å². The van der Waals surface area contributed by atoms with Crippen molar-refractivity contribution in [3.63, 3.8) is 0 Å². The third-order valence-corrected chi connectivity index (χ3v) is 2.87. The minimum Gasteiger partial charge on any atom is -0.206 e. The molecule has 3 aromatic carbocycles. The average Bonchev–Trinajstić information content (AvgIpc) is 2.35. The smallest absolute Gasteiger partial charge is 0.166 e. The molecule has 0 saturated heterocycles. The van der Waals surface area contributed by atoms with E-state index in [1.165, 1.54) is 12.1 Å². The number of hydrogen-bond acceptors (Lipinski definition) is 0. The first-order valence-corrected chi connectivity index (χ1v) is 5.13. The van der Waals surface area contributed by atoms with Crippen molar-refractivity contribution in [2.24, 2.45) is 0 Å². The molecule has 0 saturated carbocycles. The van der Waals surface area contributed by atoms with E-state index >= 15 is 0 Å². The van der Waals surface area contributed by atoms with Crippen molar-refractivity contribution in [3.05, 3.63) is 59.9 Å². The molecular formula is C14H7F3. The summed E-state index contributed by atoms with van der Waals surface area (Å²) in [7, 11) is 0. The lowest BCUT2D eigenvalue weighted by Crippen LogP contribution is -1.90. The van der Waals surface area contributed by atoms with E-state index in [-0.39, 0.29) is 10.8 Å². The highest BCUT2D eigenvalue weighted by Gasteiger charge is 2.12. The highest BCUT2D eigenvalue weighted by molar-refractivity contribution is 5.99. The predicted octanol–water partition coefficient (Wildman–Crippen LogP) is 4.41. The first-order valence-electron chi connectivity index (χ1n) is 5.13. The molecule has 3 rings (SSSR count). The first kappa shape index (κ1) is 10.1. The first-order chi connectivity index (χ1) is 8.18. The van der Waals surface area contributed by atoms with Gasteiger partial charge in [-0.3, -0.25) is 0 Å². The number of fused-ring (bicyclic) bond motifs is 2. The normalized spacial score (nSPS) is 11.2. The minimum atomic E-state index is -1.01. The van der Waals surface area contributed by atoms with Gasteiger partial charge in [-0.1, -0.05) is 24.3 Å². The van der Waals surface area contributed by atoms with Crippen LogP contribution in [0.3, 0.4) is 0 Å². The molecule has 0 radical (unpaired) electrons. The second kappa shape index (κ2) is 3.48. The Morgan fingerprint density at radius 1 is 0.647 bits per heavy atom. The average molecular weight is 232 g/mol. The topological polar surface area (TPSA) is 0 Å². The Bertz CT molecular complexity index is 732. The van der Waals surface area contributed by atoms with Crippen molar-refractivity contribution in [2.45, 2.75) is 0 Å². The number of rotatable bonds is 0. The van der Waals surface area contributed by atoms with Gasteiger partial charge in [0.1, 0.15) is 5.82 Å². The van der Waals surface area contributed by atoms with Crippen molar-refractivity contribution < 1.29 is 13.2 Å². The second-order valence-corrected chi connectivity index (χ2v) is 3.87. The van der Waals surface area contributed by atoms with Crippen LogP contribution in [0.2, 0.25) is 0 Å². The molecule has 17 heavy (non-hydrogen) atoms. The van der Waals surface area contributed by atoms with Gasteiger partial charge in [0.05, 0.1) is 0 Å². The van der Waals surface area contributed by atoms with Gasteiger partial charge in [-0.25, -0.2) is 13.2 Å². The lowest BCUT2D eigenvalue weighted by atomic mass is 10.0. The molecule has 3 heteroatoms. The van der Waals surface area contributed by atoms with Gasteiger partial charge in [-0.05, 0) is 23.6 Å². The van der Waals surface area contributed by atoms with Crippen LogP contribution in [0.25, 0.3) is 21.5 Å². The van der Waals surface area contributed by atoms with E-state index in [0.717, 1.165) is 6.07 Å². The van der Waals surface area contributed by atoms with Crippen LogP contribution in [0.15, 0.2) is 42.5 Å². The molecule has 84 valence electrons. The van der Waals surface area contributed by atoms with Crippen LogP contribution in [-0.2, 0) is 0 Å². The van der Waals surface area contributed by atoms with Gasteiger partial charge in [-0.15, -0.1) is 0 Å². The summed E-state index contributed by atoms with van der Waals surface area (Å²) in [6.07, 6.45) is 0.